The van der Waals surface area contributed by atoms with Crippen LogP contribution >= 0.6 is 0 Å². The molecule has 0 aromatic carbocycles. The van der Waals surface area contributed by atoms with E-state index in [1.807, 2.05) is 0 Å². The van der Waals surface area contributed by atoms with Crippen molar-refractivity contribution in [2.45, 2.75) is 31.2 Å². The SMILES string of the molecule is CNNC1(C(=O)OC)CCCC1. The van der Waals surface area contributed by atoms with Gasteiger partial charge in [-0.25, -0.2) is 5.43 Å². The maximum absolute atomic E-state index is 11.4. The summed E-state index contributed by atoms with van der Waals surface area (Å²) in [5.41, 5.74) is 5.33. The molecule has 1 aliphatic rings. The minimum atomic E-state index is -0.469. The average Bonchev–Trinajstić information content (AvgIpc) is 2.53. The summed E-state index contributed by atoms with van der Waals surface area (Å²) in [6, 6.07) is 0. The molecular formula is C8H16N2O2. The largest absolute Gasteiger partial charge is 0.468 e. The maximum atomic E-state index is 11.4. The number of hydrogen-bond donors (Lipinski definition) is 2. The van der Waals surface area contributed by atoms with Crippen molar-refractivity contribution in [3.63, 3.8) is 0 Å². The summed E-state index contributed by atoms with van der Waals surface area (Å²) in [7, 11) is 3.20. The second kappa shape index (κ2) is 3.87. The average molecular weight is 172 g/mol. The van der Waals surface area contributed by atoms with Crippen LogP contribution in [0.4, 0.5) is 0 Å². The lowest BCUT2D eigenvalue weighted by atomic mass is 9.99. The lowest BCUT2D eigenvalue weighted by Crippen LogP contribution is -2.55. The molecule has 0 radical (unpaired) electrons. The van der Waals surface area contributed by atoms with Crippen molar-refractivity contribution in [1.29, 1.82) is 0 Å². The molecule has 4 heteroatoms. The predicted octanol–water partition coefficient (Wildman–Crippen LogP) is 0.196. The van der Waals surface area contributed by atoms with Gasteiger partial charge >= 0.3 is 5.97 Å². The standard InChI is InChI=1S/C8H16N2O2/c1-9-10-8(7(11)12-2)5-3-4-6-8/h9-10H,3-6H2,1-2H3. The smallest absolute Gasteiger partial charge is 0.327 e. The molecule has 70 valence electrons. The van der Waals surface area contributed by atoms with Gasteiger partial charge in [0.25, 0.3) is 0 Å². The van der Waals surface area contributed by atoms with Crippen LogP contribution in [-0.2, 0) is 9.53 Å². The van der Waals surface area contributed by atoms with Crippen molar-refractivity contribution in [1.82, 2.24) is 10.9 Å². The maximum Gasteiger partial charge on any atom is 0.327 e. The second-order valence-corrected chi connectivity index (χ2v) is 3.16. The first kappa shape index (κ1) is 9.48. The summed E-state index contributed by atoms with van der Waals surface area (Å²) in [6.45, 7) is 0. The topological polar surface area (TPSA) is 50.4 Å². The molecule has 0 bridgehead atoms. The van der Waals surface area contributed by atoms with Crippen molar-refractivity contribution in [2.75, 3.05) is 14.2 Å². The van der Waals surface area contributed by atoms with Gasteiger partial charge in [0.2, 0.25) is 0 Å². The number of esters is 1. The minimum Gasteiger partial charge on any atom is -0.468 e. The third-order valence-electron chi connectivity index (χ3n) is 2.40. The molecule has 12 heavy (non-hydrogen) atoms. The Morgan fingerprint density at radius 3 is 2.42 bits per heavy atom. The van der Waals surface area contributed by atoms with Crippen molar-refractivity contribution in [3.8, 4) is 0 Å². The Bertz CT molecular complexity index is 164. The quantitative estimate of drug-likeness (QED) is 0.471. The van der Waals surface area contributed by atoms with Crippen LogP contribution < -0.4 is 10.9 Å². The molecule has 0 amide bonds. The summed E-state index contributed by atoms with van der Waals surface area (Å²) in [5, 5.41) is 0. The summed E-state index contributed by atoms with van der Waals surface area (Å²) < 4.78 is 4.75. The van der Waals surface area contributed by atoms with Crippen LogP contribution in [0.3, 0.4) is 0 Å². The van der Waals surface area contributed by atoms with E-state index in [-0.39, 0.29) is 5.97 Å². The van der Waals surface area contributed by atoms with Crippen LogP contribution in [0.5, 0.6) is 0 Å². The highest BCUT2D eigenvalue weighted by Gasteiger charge is 2.41. The Kier molecular flexibility index (Phi) is 3.05. The molecular weight excluding hydrogens is 156 g/mol. The monoisotopic (exact) mass is 172 g/mol. The third kappa shape index (κ3) is 1.59. The van der Waals surface area contributed by atoms with Gasteiger partial charge in [-0.1, -0.05) is 12.8 Å². The van der Waals surface area contributed by atoms with Crippen molar-refractivity contribution in [3.05, 3.63) is 0 Å². The zero-order valence-corrected chi connectivity index (χ0v) is 7.64. The second-order valence-electron chi connectivity index (χ2n) is 3.16. The molecule has 1 fully saturated rings. The van der Waals surface area contributed by atoms with Gasteiger partial charge in [0.1, 0.15) is 5.54 Å². The molecule has 0 aromatic heterocycles. The van der Waals surface area contributed by atoms with Crippen LogP contribution in [0.2, 0.25) is 0 Å². The molecule has 0 unspecified atom stereocenters. The van der Waals surface area contributed by atoms with Gasteiger partial charge in [0.05, 0.1) is 7.11 Å². The predicted molar refractivity (Wildman–Crippen MR) is 45.4 cm³/mol. The Balaban J connectivity index is 2.64. The van der Waals surface area contributed by atoms with E-state index in [9.17, 15) is 4.79 Å². The van der Waals surface area contributed by atoms with Crippen molar-refractivity contribution < 1.29 is 9.53 Å². The van der Waals surface area contributed by atoms with E-state index in [4.69, 9.17) is 4.74 Å². The van der Waals surface area contributed by atoms with E-state index in [1.165, 1.54) is 7.11 Å². The van der Waals surface area contributed by atoms with Crippen LogP contribution in [-0.4, -0.2) is 25.7 Å². The van der Waals surface area contributed by atoms with Gasteiger partial charge in [-0.2, -0.15) is 0 Å². The number of ether oxygens (including phenoxy) is 1. The van der Waals surface area contributed by atoms with Crippen molar-refractivity contribution >= 4 is 5.97 Å². The Hall–Kier alpha value is -0.610. The highest BCUT2D eigenvalue weighted by Crippen LogP contribution is 2.29. The van der Waals surface area contributed by atoms with Gasteiger partial charge < -0.3 is 4.74 Å². The van der Waals surface area contributed by atoms with Crippen LogP contribution in [0, 0.1) is 0 Å². The number of carbonyl (C=O) groups is 1. The molecule has 0 spiro atoms. The van der Waals surface area contributed by atoms with Crippen LogP contribution in [0.1, 0.15) is 25.7 Å². The zero-order valence-electron chi connectivity index (χ0n) is 7.64. The van der Waals surface area contributed by atoms with Gasteiger partial charge in [-0.15, -0.1) is 0 Å². The molecule has 0 aromatic rings. The van der Waals surface area contributed by atoms with E-state index in [0.717, 1.165) is 25.7 Å². The fraction of sp³-hybridized carbons (Fsp3) is 0.875. The molecule has 0 heterocycles. The normalized spacial score (nSPS) is 20.8. The number of hydrogen-bond acceptors (Lipinski definition) is 4. The van der Waals surface area contributed by atoms with E-state index in [1.54, 1.807) is 7.05 Å². The van der Waals surface area contributed by atoms with E-state index >= 15 is 0 Å². The summed E-state index contributed by atoms with van der Waals surface area (Å²) in [4.78, 5) is 11.4. The lowest BCUT2D eigenvalue weighted by molar-refractivity contribution is -0.148. The molecule has 1 saturated carbocycles. The highest BCUT2D eigenvalue weighted by molar-refractivity contribution is 5.81. The molecule has 0 atom stereocenters. The third-order valence-corrected chi connectivity index (χ3v) is 2.40. The van der Waals surface area contributed by atoms with Gasteiger partial charge in [0, 0.05) is 0 Å². The molecule has 0 saturated heterocycles. The van der Waals surface area contributed by atoms with Gasteiger partial charge in [0.15, 0.2) is 0 Å². The van der Waals surface area contributed by atoms with Crippen LogP contribution in [0.15, 0.2) is 0 Å². The number of methoxy groups -OCH3 is 1. The zero-order chi connectivity index (χ0) is 9.03. The van der Waals surface area contributed by atoms with E-state index in [2.05, 4.69) is 10.9 Å². The Morgan fingerprint density at radius 1 is 1.42 bits per heavy atom. The highest BCUT2D eigenvalue weighted by atomic mass is 16.5. The number of hydrazine groups is 1. The molecule has 0 aliphatic heterocycles. The minimum absolute atomic E-state index is 0.158. The summed E-state index contributed by atoms with van der Waals surface area (Å²) in [6.07, 6.45) is 3.90. The fourth-order valence-corrected chi connectivity index (χ4v) is 1.79. The van der Waals surface area contributed by atoms with E-state index < -0.39 is 5.54 Å². The van der Waals surface area contributed by atoms with Crippen molar-refractivity contribution in [2.24, 2.45) is 0 Å². The molecule has 1 rings (SSSR count). The molecule has 4 nitrogen and oxygen atoms in total. The van der Waals surface area contributed by atoms with E-state index in [0.29, 0.717) is 0 Å². The number of nitrogens with one attached hydrogen (secondary N) is 2. The molecule has 1 aliphatic carbocycles. The first-order valence-electron chi connectivity index (χ1n) is 4.27. The Labute approximate surface area is 72.6 Å². The fourth-order valence-electron chi connectivity index (χ4n) is 1.79. The number of rotatable bonds is 3. The van der Waals surface area contributed by atoms with Crippen LogP contribution in [0.25, 0.3) is 0 Å². The van der Waals surface area contributed by atoms with Gasteiger partial charge in [-0.3, -0.25) is 10.2 Å². The number of carbonyl (C=O) groups excluding carboxylic acids is 1. The summed E-state index contributed by atoms with van der Waals surface area (Å²) >= 11 is 0. The first-order valence-corrected chi connectivity index (χ1v) is 4.27. The summed E-state index contributed by atoms with van der Waals surface area (Å²) in [5.74, 6) is -0.158. The Morgan fingerprint density at radius 2 is 2.00 bits per heavy atom. The lowest BCUT2D eigenvalue weighted by Gasteiger charge is -2.26. The van der Waals surface area contributed by atoms with Gasteiger partial charge in [-0.05, 0) is 19.9 Å². The molecule has 2 N–H and O–H groups in total. The first-order chi connectivity index (χ1) is 5.75.